The van der Waals surface area contributed by atoms with E-state index in [-0.39, 0.29) is 6.10 Å². The maximum atomic E-state index is 6.03. The van der Waals surface area contributed by atoms with Crippen molar-refractivity contribution in [3.05, 3.63) is 36.5 Å². The highest BCUT2D eigenvalue weighted by Gasteiger charge is 2.09. The summed E-state index contributed by atoms with van der Waals surface area (Å²) in [7, 11) is 0. The molecule has 0 aliphatic rings. The van der Waals surface area contributed by atoms with Gasteiger partial charge in [0.25, 0.3) is 0 Å². The Hall–Kier alpha value is -1.61. The average molecular weight is 272 g/mol. The first kappa shape index (κ1) is 14.8. The lowest BCUT2D eigenvalue weighted by molar-refractivity contribution is 0.213. The van der Waals surface area contributed by atoms with Gasteiger partial charge in [-0.1, -0.05) is 31.5 Å². The van der Waals surface area contributed by atoms with Crippen LogP contribution in [0.4, 0.5) is 0 Å². The summed E-state index contributed by atoms with van der Waals surface area (Å²) in [4.78, 5) is 4.41. The second-order valence-electron chi connectivity index (χ2n) is 5.36. The fourth-order valence-corrected chi connectivity index (χ4v) is 2.33. The van der Waals surface area contributed by atoms with Crippen LogP contribution in [-0.2, 0) is 0 Å². The number of para-hydroxylation sites is 1. The van der Waals surface area contributed by atoms with Crippen molar-refractivity contribution in [2.45, 2.75) is 45.8 Å². The second kappa shape index (κ2) is 7.25. The summed E-state index contributed by atoms with van der Waals surface area (Å²) < 4.78 is 6.03. The van der Waals surface area contributed by atoms with Gasteiger partial charge < -0.3 is 10.1 Å². The lowest BCUT2D eigenvalue weighted by Gasteiger charge is -2.19. The molecule has 1 N–H and O–H groups in total. The smallest absolute Gasteiger partial charge is 0.145 e. The zero-order chi connectivity index (χ0) is 14.4. The highest BCUT2D eigenvalue weighted by molar-refractivity contribution is 5.84. The number of hydrogen-bond acceptors (Lipinski definition) is 3. The van der Waals surface area contributed by atoms with E-state index in [2.05, 4.69) is 43.2 Å². The number of hydrogen-bond donors (Lipinski definition) is 1. The van der Waals surface area contributed by atoms with Crippen LogP contribution in [0.5, 0.6) is 5.75 Å². The number of nitrogens with zero attached hydrogens (tertiary/aromatic N) is 1. The number of rotatable bonds is 7. The molecule has 1 heterocycles. The minimum absolute atomic E-state index is 0.127. The van der Waals surface area contributed by atoms with Gasteiger partial charge in [-0.15, -0.1) is 0 Å². The van der Waals surface area contributed by atoms with E-state index in [1.54, 1.807) is 6.20 Å². The van der Waals surface area contributed by atoms with Gasteiger partial charge in [-0.2, -0.15) is 0 Å². The van der Waals surface area contributed by atoms with Crippen molar-refractivity contribution < 1.29 is 4.74 Å². The fraction of sp³-hybridized carbons (Fsp3) is 0.471. The highest BCUT2D eigenvalue weighted by atomic mass is 16.5. The van der Waals surface area contributed by atoms with Gasteiger partial charge in [-0.3, -0.25) is 4.98 Å². The zero-order valence-electron chi connectivity index (χ0n) is 12.6. The molecule has 2 rings (SSSR count). The van der Waals surface area contributed by atoms with Crippen LogP contribution in [0.3, 0.4) is 0 Å². The van der Waals surface area contributed by atoms with Crippen molar-refractivity contribution in [2.24, 2.45) is 0 Å². The molecular formula is C17H24N2O. The third-order valence-corrected chi connectivity index (χ3v) is 3.40. The number of benzene rings is 1. The summed E-state index contributed by atoms with van der Waals surface area (Å²) in [5, 5.41) is 4.62. The van der Waals surface area contributed by atoms with Crippen molar-refractivity contribution in [3.8, 4) is 5.75 Å². The van der Waals surface area contributed by atoms with Crippen LogP contribution in [0, 0.1) is 0 Å². The van der Waals surface area contributed by atoms with Gasteiger partial charge in [-0.25, -0.2) is 0 Å². The minimum atomic E-state index is 0.127. The maximum absolute atomic E-state index is 6.03. The van der Waals surface area contributed by atoms with E-state index in [1.807, 2.05) is 18.2 Å². The van der Waals surface area contributed by atoms with Crippen LogP contribution >= 0.6 is 0 Å². The molecule has 2 unspecified atom stereocenters. The third kappa shape index (κ3) is 3.94. The Labute approximate surface area is 121 Å². The van der Waals surface area contributed by atoms with Gasteiger partial charge >= 0.3 is 0 Å². The monoisotopic (exact) mass is 272 g/mol. The van der Waals surface area contributed by atoms with E-state index < -0.39 is 0 Å². The summed E-state index contributed by atoms with van der Waals surface area (Å²) >= 11 is 0. The summed E-state index contributed by atoms with van der Waals surface area (Å²) in [6.45, 7) is 7.37. The lowest BCUT2D eigenvalue weighted by Crippen LogP contribution is -2.35. The first-order chi connectivity index (χ1) is 9.70. The van der Waals surface area contributed by atoms with Crippen LogP contribution in [-0.4, -0.2) is 23.7 Å². The maximum Gasteiger partial charge on any atom is 0.145 e. The summed E-state index contributed by atoms with van der Waals surface area (Å²) in [5.41, 5.74) is 0.934. The van der Waals surface area contributed by atoms with Crippen molar-refractivity contribution >= 4 is 10.9 Å². The topological polar surface area (TPSA) is 34.1 Å². The molecule has 0 spiro atoms. The SMILES string of the molecule is CCCC(C)NCC(C)Oc1cccc2cccnc12. The molecular weight excluding hydrogens is 248 g/mol. The standard InChI is InChI=1S/C17H24N2O/c1-4-7-13(2)19-12-14(3)20-16-10-5-8-15-9-6-11-18-17(15)16/h5-6,8-11,13-14,19H,4,7,12H2,1-3H3. The van der Waals surface area contributed by atoms with Crippen LogP contribution < -0.4 is 10.1 Å². The van der Waals surface area contributed by atoms with Gasteiger partial charge in [0.1, 0.15) is 17.4 Å². The minimum Gasteiger partial charge on any atom is -0.487 e. The molecule has 0 saturated carbocycles. The first-order valence-corrected chi connectivity index (χ1v) is 7.44. The summed E-state index contributed by atoms with van der Waals surface area (Å²) in [6.07, 6.45) is 4.34. The molecule has 0 aliphatic heterocycles. The molecule has 3 nitrogen and oxygen atoms in total. The average Bonchev–Trinajstić information content (AvgIpc) is 2.46. The molecule has 3 heteroatoms. The quantitative estimate of drug-likeness (QED) is 0.833. The van der Waals surface area contributed by atoms with E-state index in [0.29, 0.717) is 6.04 Å². The molecule has 108 valence electrons. The molecule has 2 aromatic rings. The molecule has 20 heavy (non-hydrogen) atoms. The lowest BCUT2D eigenvalue weighted by atomic mass is 10.2. The Morgan fingerprint density at radius 2 is 2.00 bits per heavy atom. The van der Waals surface area contributed by atoms with Crippen molar-refractivity contribution in [2.75, 3.05) is 6.54 Å². The Morgan fingerprint density at radius 1 is 1.20 bits per heavy atom. The largest absolute Gasteiger partial charge is 0.487 e. The normalized spacial score (nSPS) is 14.2. The molecule has 2 atom stereocenters. The predicted molar refractivity (Wildman–Crippen MR) is 84.2 cm³/mol. The molecule has 0 amide bonds. The van der Waals surface area contributed by atoms with Gasteiger partial charge in [0.15, 0.2) is 0 Å². The molecule has 0 radical (unpaired) electrons. The van der Waals surface area contributed by atoms with Crippen LogP contribution in [0.2, 0.25) is 0 Å². The first-order valence-electron chi connectivity index (χ1n) is 7.44. The Balaban J connectivity index is 1.97. The molecule has 0 aliphatic carbocycles. The number of pyridine rings is 1. The third-order valence-electron chi connectivity index (χ3n) is 3.40. The fourth-order valence-electron chi connectivity index (χ4n) is 2.33. The van der Waals surface area contributed by atoms with Crippen molar-refractivity contribution in [3.63, 3.8) is 0 Å². The van der Waals surface area contributed by atoms with Gasteiger partial charge in [-0.05, 0) is 32.4 Å². The number of ether oxygens (including phenoxy) is 1. The number of nitrogens with one attached hydrogen (secondary N) is 1. The van der Waals surface area contributed by atoms with E-state index in [9.17, 15) is 0 Å². The van der Waals surface area contributed by atoms with Gasteiger partial charge in [0, 0.05) is 24.2 Å². The van der Waals surface area contributed by atoms with Gasteiger partial charge in [0.2, 0.25) is 0 Å². The van der Waals surface area contributed by atoms with E-state index in [1.165, 1.54) is 12.8 Å². The Bertz CT molecular complexity index is 536. The number of fused-ring (bicyclic) bond motifs is 1. The van der Waals surface area contributed by atoms with Crippen LogP contribution in [0.25, 0.3) is 10.9 Å². The molecule has 0 saturated heterocycles. The Morgan fingerprint density at radius 3 is 2.80 bits per heavy atom. The van der Waals surface area contributed by atoms with Crippen LogP contribution in [0.15, 0.2) is 36.5 Å². The summed E-state index contributed by atoms with van der Waals surface area (Å²) in [5.74, 6) is 0.862. The van der Waals surface area contributed by atoms with E-state index in [0.717, 1.165) is 23.2 Å². The van der Waals surface area contributed by atoms with Crippen molar-refractivity contribution in [1.29, 1.82) is 0 Å². The molecule has 1 aromatic heterocycles. The van der Waals surface area contributed by atoms with Crippen molar-refractivity contribution in [1.82, 2.24) is 10.3 Å². The molecule has 0 fully saturated rings. The van der Waals surface area contributed by atoms with Gasteiger partial charge in [0.05, 0.1) is 0 Å². The van der Waals surface area contributed by atoms with E-state index in [4.69, 9.17) is 4.74 Å². The molecule has 0 bridgehead atoms. The summed E-state index contributed by atoms with van der Waals surface area (Å²) in [6, 6.07) is 10.6. The Kier molecular flexibility index (Phi) is 5.36. The predicted octanol–water partition coefficient (Wildman–Crippen LogP) is 3.78. The zero-order valence-corrected chi connectivity index (χ0v) is 12.6. The van der Waals surface area contributed by atoms with Crippen LogP contribution in [0.1, 0.15) is 33.6 Å². The molecule has 1 aromatic carbocycles. The van der Waals surface area contributed by atoms with E-state index >= 15 is 0 Å². The number of aromatic nitrogens is 1. The highest BCUT2D eigenvalue weighted by Crippen LogP contribution is 2.23. The second-order valence-corrected chi connectivity index (χ2v) is 5.36.